The number of nitrogens with one attached hydrogen (secondary N) is 1. The van der Waals surface area contributed by atoms with Gasteiger partial charge in [-0.2, -0.15) is 9.29 Å². The monoisotopic (exact) mass is 559 g/mol. The van der Waals surface area contributed by atoms with Crippen LogP contribution in [0.25, 0.3) is 11.4 Å². The van der Waals surface area contributed by atoms with Crippen LogP contribution in [0.4, 0.5) is 10.1 Å². The minimum atomic E-state index is -3.72. The number of morpholine rings is 1. The van der Waals surface area contributed by atoms with Crippen LogP contribution in [-0.4, -0.2) is 80.2 Å². The van der Waals surface area contributed by atoms with E-state index < -0.39 is 10.0 Å². The van der Waals surface area contributed by atoms with E-state index in [1.54, 1.807) is 18.2 Å². The normalized spacial score (nSPS) is 17.7. The van der Waals surface area contributed by atoms with E-state index in [0.717, 1.165) is 0 Å². The zero-order valence-corrected chi connectivity index (χ0v) is 22.3. The highest BCUT2D eigenvalue weighted by atomic mass is 32.2. The predicted octanol–water partition coefficient (Wildman–Crippen LogP) is 2.76. The number of methoxy groups -OCH3 is 1. The summed E-state index contributed by atoms with van der Waals surface area (Å²) in [4.78, 5) is 19.7. The molecule has 1 N–H and O–H groups in total. The molecule has 0 saturated carbocycles. The average molecular weight is 560 g/mol. The highest BCUT2D eigenvalue weighted by Crippen LogP contribution is 2.31. The Morgan fingerprint density at radius 3 is 2.51 bits per heavy atom. The number of amides is 1. The molecule has 2 aromatic carbocycles. The topological polar surface area (TPSA) is 127 Å². The molecular weight excluding hydrogens is 529 g/mol. The number of carbonyl (C=O) groups is 1. The first-order chi connectivity index (χ1) is 18.8. The predicted molar refractivity (Wildman–Crippen MR) is 139 cm³/mol. The fourth-order valence-corrected chi connectivity index (χ4v) is 6.13. The number of rotatable bonds is 8. The second-order valence-electron chi connectivity index (χ2n) is 9.44. The molecule has 0 radical (unpaired) electrons. The van der Waals surface area contributed by atoms with Crippen LogP contribution in [0.3, 0.4) is 0 Å². The molecule has 3 aromatic rings. The molecular formula is C26H30FN5O6S. The van der Waals surface area contributed by atoms with Gasteiger partial charge in [-0.1, -0.05) is 5.16 Å². The Morgan fingerprint density at radius 2 is 1.82 bits per heavy atom. The highest BCUT2D eigenvalue weighted by Gasteiger charge is 2.29. The number of nitrogens with zero attached hydrogens (tertiary/aromatic N) is 4. The number of likely N-dealkylation sites (tertiary alicyclic amines) is 1. The molecule has 0 bridgehead atoms. The lowest BCUT2D eigenvalue weighted by Gasteiger charge is -2.30. The van der Waals surface area contributed by atoms with Gasteiger partial charge in [-0.15, -0.1) is 0 Å². The molecule has 1 amide bonds. The first kappa shape index (κ1) is 27.2. The van der Waals surface area contributed by atoms with Crippen LogP contribution in [-0.2, 0) is 26.1 Å². The lowest BCUT2D eigenvalue weighted by molar-refractivity contribution is -0.121. The number of sulfonamides is 1. The number of benzene rings is 2. The third kappa shape index (κ3) is 6.27. The van der Waals surface area contributed by atoms with Gasteiger partial charge in [0.25, 0.3) is 0 Å². The van der Waals surface area contributed by atoms with Gasteiger partial charge in [0.15, 0.2) is 0 Å². The SMILES string of the molecule is COc1ccc(S(=O)(=O)N2CCOCC2)cc1NC(=O)C1CCN(Cc2nc(-c3ccc(F)cc3)no2)CC1. The van der Waals surface area contributed by atoms with Crippen LogP contribution >= 0.6 is 0 Å². The number of ether oxygens (including phenoxy) is 2. The van der Waals surface area contributed by atoms with Gasteiger partial charge in [0.05, 0.1) is 37.5 Å². The second-order valence-corrected chi connectivity index (χ2v) is 11.4. The molecule has 0 unspecified atom stereocenters. The van der Waals surface area contributed by atoms with Gasteiger partial charge in [-0.25, -0.2) is 12.8 Å². The van der Waals surface area contributed by atoms with E-state index in [1.165, 1.54) is 35.7 Å². The van der Waals surface area contributed by atoms with Crippen molar-refractivity contribution in [3.8, 4) is 17.1 Å². The van der Waals surface area contributed by atoms with Gasteiger partial charge < -0.3 is 19.3 Å². The molecule has 13 heteroatoms. The summed E-state index contributed by atoms with van der Waals surface area (Å²) in [6.07, 6.45) is 1.22. The summed E-state index contributed by atoms with van der Waals surface area (Å²) in [7, 11) is -2.25. The minimum absolute atomic E-state index is 0.0925. The van der Waals surface area contributed by atoms with Crippen LogP contribution in [0, 0.1) is 11.7 Å². The van der Waals surface area contributed by atoms with Crippen molar-refractivity contribution in [3.05, 3.63) is 54.2 Å². The van der Waals surface area contributed by atoms with E-state index in [4.69, 9.17) is 14.0 Å². The van der Waals surface area contributed by atoms with Crippen LogP contribution in [0.5, 0.6) is 5.75 Å². The van der Waals surface area contributed by atoms with Crippen molar-refractivity contribution in [1.82, 2.24) is 19.3 Å². The van der Waals surface area contributed by atoms with Gasteiger partial charge in [0.1, 0.15) is 11.6 Å². The van der Waals surface area contributed by atoms with Crippen LogP contribution < -0.4 is 10.1 Å². The summed E-state index contributed by atoms with van der Waals surface area (Å²) in [5.74, 6) is 0.452. The molecule has 0 atom stereocenters. The first-order valence-corrected chi connectivity index (χ1v) is 14.1. The van der Waals surface area contributed by atoms with E-state index in [0.29, 0.717) is 74.4 Å². The molecule has 2 aliphatic rings. The van der Waals surface area contributed by atoms with E-state index in [-0.39, 0.29) is 35.6 Å². The summed E-state index contributed by atoms with van der Waals surface area (Å²) in [6, 6.07) is 10.4. The largest absolute Gasteiger partial charge is 0.495 e. The summed E-state index contributed by atoms with van der Waals surface area (Å²) in [5, 5.41) is 6.86. The van der Waals surface area contributed by atoms with Gasteiger partial charge >= 0.3 is 0 Å². The highest BCUT2D eigenvalue weighted by molar-refractivity contribution is 7.89. The van der Waals surface area contributed by atoms with Gasteiger partial charge in [-0.3, -0.25) is 9.69 Å². The van der Waals surface area contributed by atoms with Gasteiger partial charge in [-0.05, 0) is 68.4 Å². The molecule has 1 aromatic heterocycles. The zero-order chi connectivity index (χ0) is 27.4. The Kier molecular flexibility index (Phi) is 8.21. The molecule has 2 aliphatic heterocycles. The van der Waals surface area contributed by atoms with Crippen molar-refractivity contribution in [2.24, 2.45) is 5.92 Å². The Labute approximate surface area is 225 Å². The van der Waals surface area contributed by atoms with Crippen LogP contribution in [0.2, 0.25) is 0 Å². The summed E-state index contributed by atoms with van der Waals surface area (Å²) >= 11 is 0. The fraction of sp³-hybridized carbons (Fsp3) is 0.423. The molecule has 3 heterocycles. The zero-order valence-electron chi connectivity index (χ0n) is 21.5. The lowest BCUT2D eigenvalue weighted by Crippen LogP contribution is -2.40. The molecule has 2 fully saturated rings. The third-order valence-electron chi connectivity index (χ3n) is 6.92. The number of piperidine rings is 1. The Balaban J connectivity index is 1.18. The van der Waals surface area contributed by atoms with E-state index in [2.05, 4.69) is 20.4 Å². The summed E-state index contributed by atoms with van der Waals surface area (Å²) in [6.45, 7) is 3.00. The van der Waals surface area contributed by atoms with Crippen molar-refractivity contribution in [1.29, 1.82) is 0 Å². The van der Waals surface area contributed by atoms with Crippen molar-refractivity contribution in [3.63, 3.8) is 0 Å². The standard InChI is InChI=1S/C26H30FN5O6S/c1-36-23-7-6-21(39(34,35)32-12-14-37-15-13-32)16-22(23)28-26(33)19-8-10-31(11-9-19)17-24-29-25(30-38-24)18-2-4-20(27)5-3-18/h2-7,16,19H,8-15,17H2,1H3,(H,28,33). The maximum atomic E-state index is 13.2. The second kappa shape index (κ2) is 11.8. The van der Waals surface area contributed by atoms with E-state index >= 15 is 0 Å². The van der Waals surface area contributed by atoms with Crippen molar-refractivity contribution < 1.29 is 31.6 Å². The molecule has 2 saturated heterocycles. The Bertz CT molecular complexity index is 1400. The molecule has 5 rings (SSSR count). The maximum absolute atomic E-state index is 13.2. The number of carbonyl (C=O) groups excluding carboxylic acids is 1. The Hall–Kier alpha value is -3.39. The minimum Gasteiger partial charge on any atom is -0.495 e. The van der Waals surface area contributed by atoms with Crippen molar-refractivity contribution >= 4 is 21.6 Å². The molecule has 208 valence electrons. The van der Waals surface area contributed by atoms with Crippen molar-refractivity contribution in [2.45, 2.75) is 24.3 Å². The number of hydrogen-bond donors (Lipinski definition) is 1. The smallest absolute Gasteiger partial charge is 0.243 e. The molecule has 39 heavy (non-hydrogen) atoms. The molecule has 0 spiro atoms. The first-order valence-electron chi connectivity index (χ1n) is 12.7. The lowest BCUT2D eigenvalue weighted by atomic mass is 9.96. The van der Waals surface area contributed by atoms with Crippen LogP contribution in [0.15, 0.2) is 51.9 Å². The average Bonchev–Trinajstić information content (AvgIpc) is 3.42. The summed E-state index contributed by atoms with van der Waals surface area (Å²) in [5.41, 5.74) is 0.984. The summed E-state index contributed by atoms with van der Waals surface area (Å²) < 4.78 is 56.7. The van der Waals surface area contributed by atoms with E-state index in [9.17, 15) is 17.6 Å². The maximum Gasteiger partial charge on any atom is 0.243 e. The molecule has 0 aliphatic carbocycles. The fourth-order valence-electron chi connectivity index (χ4n) is 4.70. The van der Waals surface area contributed by atoms with Crippen LogP contribution in [0.1, 0.15) is 18.7 Å². The number of aromatic nitrogens is 2. The van der Waals surface area contributed by atoms with Crippen molar-refractivity contribution in [2.75, 3.05) is 51.8 Å². The third-order valence-corrected chi connectivity index (χ3v) is 8.82. The molecule has 11 nitrogen and oxygen atoms in total. The van der Waals surface area contributed by atoms with E-state index in [1.807, 2.05) is 0 Å². The quantitative estimate of drug-likeness (QED) is 0.443. The van der Waals surface area contributed by atoms with Gasteiger partial charge in [0, 0.05) is 24.6 Å². The number of halogens is 1. The number of anilines is 1. The van der Waals surface area contributed by atoms with Gasteiger partial charge in [0.2, 0.25) is 27.6 Å². The number of hydrogen-bond acceptors (Lipinski definition) is 9. The Morgan fingerprint density at radius 1 is 1.10 bits per heavy atom.